The van der Waals surface area contributed by atoms with Crippen LogP contribution in [0.2, 0.25) is 0 Å². The molecule has 0 saturated carbocycles. The molecular weight excluding hydrogens is 218 g/mol. The van der Waals surface area contributed by atoms with Gasteiger partial charge in [0.15, 0.2) is 0 Å². The minimum atomic E-state index is -0.172. The smallest absolute Gasteiger partial charge is 0.236 e. The van der Waals surface area contributed by atoms with Crippen LogP contribution in [0.5, 0.6) is 0 Å². The standard InChI is InChI=1S/C12H19N3O2/c1-9-7-12(8-13-14-11(3)16)10(2)15(9)5-6-17-4/h7-8H,5-6H2,1-4H3,(H,14,16)/b13-8-. The van der Waals surface area contributed by atoms with E-state index in [1.54, 1.807) is 13.3 Å². The Labute approximate surface area is 101 Å². The second-order valence-electron chi connectivity index (χ2n) is 3.90. The molecule has 1 rings (SSSR count). The third-order valence-electron chi connectivity index (χ3n) is 2.56. The molecule has 0 radical (unpaired) electrons. The Morgan fingerprint density at radius 2 is 2.29 bits per heavy atom. The minimum absolute atomic E-state index is 0.172. The first-order chi connectivity index (χ1) is 8.06. The summed E-state index contributed by atoms with van der Waals surface area (Å²) >= 11 is 0. The molecule has 0 unspecified atom stereocenters. The van der Waals surface area contributed by atoms with Crippen molar-refractivity contribution >= 4 is 12.1 Å². The molecular formula is C12H19N3O2. The number of hydrogen-bond donors (Lipinski definition) is 1. The van der Waals surface area contributed by atoms with E-state index in [0.717, 1.165) is 23.5 Å². The number of ether oxygens (including phenoxy) is 1. The Morgan fingerprint density at radius 3 is 2.88 bits per heavy atom. The zero-order chi connectivity index (χ0) is 12.8. The Bertz CT molecular complexity index is 422. The number of aromatic nitrogens is 1. The second-order valence-corrected chi connectivity index (χ2v) is 3.90. The fourth-order valence-electron chi connectivity index (χ4n) is 1.68. The summed E-state index contributed by atoms with van der Waals surface area (Å²) in [5.74, 6) is -0.172. The lowest BCUT2D eigenvalue weighted by Gasteiger charge is -2.08. The van der Waals surface area contributed by atoms with Gasteiger partial charge in [-0.2, -0.15) is 5.10 Å². The number of carbonyl (C=O) groups excluding carboxylic acids is 1. The zero-order valence-corrected chi connectivity index (χ0v) is 10.8. The van der Waals surface area contributed by atoms with E-state index >= 15 is 0 Å². The monoisotopic (exact) mass is 237 g/mol. The van der Waals surface area contributed by atoms with Gasteiger partial charge in [0.2, 0.25) is 5.91 Å². The van der Waals surface area contributed by atoms with E-state index in [4.69, 9.17) is 4.74 Å². The van der Waals surface area contributed by atoms with Gasteiger partial charge >= 0.3 is 0 Å². The molecule has 0 aromatic carbocycles. The summed E-state index contributed by atoms with van der Waals surface area (Å²) in [4.78, 5) is 10.7. The fourth-order valence-corrected chi connectivity index (χ4v) is 1.68. The van der Waals surface area contributed by atoms with Crippen molar-refractivity contribution in [2.45, 2.75) is 27.3 Å². The lowest BCUT2D eigenvalue weighted by Crippen LogP contribution is -2.12. The van der Waals surface area contributed by atoms with Crippen molar-refractivity contribution in [2.24, 2.45) is 5.10 Å². The van der Waals surface area contributed by atoms with Crippen molar-refractivity contribution in [3.05, 3.63) is 23.0 Å². The van der Waals surface area contributed by atoms with Crippen molar-refractivity contribution in [3.8, 4) is 0 Å². The van der Waals surface area contributed by atoms with E-state index < -0.39 is 0 Å². The van der Waals surface area contributed by atoms with Crippen LogP contribution in [-0.4, -0.2) is 30.4 Å². The van der Waals surface area contributed by atoms with Gasteiger partial charge in [-0.25, -0.2) is 5.43 Å². The first-order valence-corrected chi connectivity index (χ1v) is 5.51. The molecule has 94 valence electrons. The van der Waals surface area contributed by atoms with Gasteiger partial charge in [-0.1, -0.05) is 0 Å². The number of rotatable bonds is 5. The van der Waals surface area contributed by atoms with Crippen molar-refractivity contribution < 1.29 is 9.53 Å². The van der Waals surface area contributed by atoms with Crippen molar-refractivity contribution in [1.29, 1.82) is 0 Å². The highest BCUT2D eigenvalue weighted by molar-refractivity contribution is 5.83. The Balaban J connectivity index is 2.80. The van der Waals surface area contributed by atoms with Crippen LogP contribution in [-0.2, 0) is 16.1 Å². The van der Waals surface area contributed by atoms with Crippen LogP contribution in [0.15, 0.2) is 11.2 Å². The predicted molar refractivity (Wildman–Crippen MR) is 67.2 cm³/mol. The van der Waals surface area contributed by atoms with E-state index in [9.17, 15) is 4.79 Å². The molecule has 1 aromatic rings. The fraction of sp³-hybridized carbons (Fsp3) is 0.500. The van der Waals surface area contributed by atoms with Crippen LogP contribution < -0.4 is 5.43 Å². The molecule has 1 N–H and O–H groups in total. The molecule has 5 heteroatoms. The molecule has 1 heterocycles. The highest BCUT2D eigenvalue weighted by Gasteiger charge is 2.06. The van der Waals surface area contributed by atoms with E-state index in [2.05, 4.69) is 15.1 Å². The number of aryl methyl sites for hydroxylation is 1. The number of amides is 1. The van der Waals surface area contributed by atoms with Gasteiger partial charge in [0.25, 0.3) is 0 Å². The summed E-state index contributed by atoms with van der Waals surface area (Å²) in [6, 6.07) is 2.04. The van der Waals surface area contributed by atoms with Crippen LogP contribution >= 0.6 is 0 Å². The molecule has 0 fully saturated rings. The summed E-state index contributed by atoms with van der Waals surface area (Å²) in [6.45, 7) is 7.00. The first kappa shape index (κ1) is 13.4. The largest absolute Gasteiger partial charge is 0.383 e. The molecule has 0 bridgehead atoms. The van der Waals surface area contributed by atoms with E-state index in [-0.39, 0.29) is 5.91 Å². The predicted octanol–water partition coefficient (Wildman–Crippen LogP) is 1.22. The Hall–Kier alpha value is -1.62. The summed E-state index contributed by atoms with van der Waals surface area (Å²) in [7, 11) is 1.69. The highest BCUT2D eigenvalue weighted by Crippen LogP contribution is 2.12. The van der Waals surface area contributed by atoms with Gasteiger partial charge in [-0.15, -0.1) is 0 Å². The number of nitrogens with zero attached hydrogens (tertiary/aromatic N) is 2. The van der Waals surface area contributed by atoms with Gasteiger partial charge in [-0.3, -0.25) is 4.79 Å². The normalized spacial score (nSPS) is 11.1. The number of nitrogens with one attached hydrogen (secondary N) is 1. The maximum absolute atomic E-state index is 10.7. The molecule has 5 nitrogen and oxygen atoms in total. The summed E-state index contributed by atoms with van der Waals surface area (Å²) in [6.07, 6.45) is 1.66. The molecule has 0 aliphatic carbocycles. The Kier molecular flexibility index (Phi) is 4.90. The van der Waals surface area contributed by atoms with Crippen LogP contribution in [0.1, 0.15) is 23.9 Å². The van der Waals surface area contributed by atoms with Gasteiger partial charge < -0.3 is 9.30 Å². The lowest BCUT2D eigenvalue weighted by atomic mass is 10.3. The average Bonchev–Trinajstić information content (AvgIpc) is 2.52. The van der Waals surface area contributed by atoms with Gasteiger partial charge in [0, 0.05) is 37.5 Å². The van der Waals surface area contributed by atoms with Crippen LogP contribution in [0.3, 0.4) is 0 Å². The second kappa shape index (κ2) is 6.20. The molecule has 1 amide bonds. The SMILES string of the molecule is COCCn1c(C)cc(/C=N\NC(C)=O)c1C. The van der Waals surface area contributed by atoms with Gasteiger partial charge in [-0.05, 0) is 19.9 Å². The third-order valence-corrected chi connectivity index (χ3v) is 2.56. The maximum Gasteiger partial charge on any atom is 0.236 e. The van der Waals surface area contributed by atoms with Crippen molar-refractivity contribution in [1.82, 2.24) is 9.99 Å². The highest BCUT2D eigenvalue weighted by atomic mass is 16.5. The molecule has 0 atom stereocenters. The summed E-state index contributed by atoms with van der Waals surface area (Å²) in [5.41, 5.74) is 5.67. The van der Waals surface area contributed by atoms with Gasteiger partial charge in [0.1, 0.15) is 0 Å². The van der Waals surface area contributed by atoms with E-state index in [1.807, 2.05) is 19.9 Å². The number of hydrogen-bond acceptors (Lipinski definition) is 3. The van der Waals surface area contributed by atoms with Crippen molar-refractivity contribution in [3.63, 3.8) is 0 Å². The molecule has 0 aliphatic heterocycles. The van der Waals surface area contributed by atoms with Crippen molar-refractivity contribution in [2.75, 3.05) is 13.7 Å². The topological polar surface area (TPSA) is 55.6 Å². The van der Waals surface area contributed by atoms with Crippen LogP contribution in [0.25, 0.3) is 0 Å². The lowest BCUT2D eigenvalue weighted by molar-refractivity contribution is -0.118. The minimum Gasteiger partial charge on any atom is -0.383 e. The Morgan fingerprint density at radius 1 is 1.59 bits per heavy atom. The molecule has 0 spiro atoms. The molecule has 17 heavy (non-hydrogen) atoms. The molecule has 0 saturated heterocycles. The molecule has 0 aliphatic rings. The quantitative estimate of drug-likeness (QED) is 0.618. The summed E-state index contributed by atoms with van der Waals surface area (Å²) < 4.78 is 7.23. The number of hydrazone groups is 1. The number of methoxy groups -OCH3 is 1. The zero-order valence-electron chi connectivity index (χ0n) is 10.8. The number of carbonyl (C=O) groups is 1. The first-order valence-electron chi connectivity index (χ1n) is 5.51. The summed E-state index contributed by atoms with van der Waals surface area (Å²) in [5, 5.41) is 3.87. The van der Waals surface area contributed by atoms with E-state index in [1.165, 1.54) is 6.92 Å². The maximum atomic E-state index is 10.7. The molecule has 1 aromatic heterocycles. The van der Waals surface area contributed by atoms with Crippen LogP contribution in [0, 0.1) is 13.8 Å². The average molecular weight is 237 g/mol. The third kappa shape index (κ3) is 3.71. The van der Waals surface area contributed by atoms with Crippen LogP contribution in [0.4, 0.5) is 0 Å². The van der Waals surface area contributed by atoms with E-state index in [0.29, 0.717) is 6.61 Å². The van der Waals surface area contributed by atoms with Gasteiger partial charge in [0.05, 0.1) is 12.8 Å².